The number of rotatable bonds is 8. The van der Waals surface area contributed by atoms with Crippen molar-refractivity contribution in [3.8, 4) is 11.1 Å². The molecule has 3 aromatic carbocycles. The van der Waals surface area contributed by atoms with Crippen LogP contribution < -0.4 is 10.6 Å². The Kier molecular flexibility index (Phi) is 9.38. The van der Waals surface area contributed by atoms with Crippen LogP contribution in [0, 0.1) is 5.41 Å². The van der Waals surface area contributed by atoms with Gasteiger partial charge in [0.2, 0.25) is 11.8 Å². The van der Waals surface area contributed by atoms with Gasteiger partial charge in [0.15, 0.2) is 0 Å². The summed E-state index contributed by atoms with van der Waals surface area (Å²) in [6.07, 6.45) is 5.99. The van der Waals surface area contributed by atoms with Crippen LogP contribution in [0.25, 0.3) is 11.1 Å². The van der Waals surface area contributed by atoms with E-state index in [1.54, 1.807) is 0 Å². The number of carbonyl (C=O) groups is 3. The van der Waals surface area contributed by atoms with Crippen molar-refractivity contribution in [1.82, 2.24) is 15.5 Å². The predicted octanol–water partition coefficient (Wildman–Crippen LogP) is 6.98. The van der Waals surface area contributed by atoms with Gasteiger partial charge in [-0.05, 0) is 65.8 Å². The number of allylic oxidation sites excluding steroid dienone is 1. The van der Waals surface area contributed by atoms with Gasteiger partial charge in [0.1, 0.15) is 6.04 Å². The summed E-state index contributed by atoms with van der Waals surface area (Å²) in [5.41, 5.74) is 5.17. The van der Waals surface area contributed by atoms with Gasteiger partial charge in [-0.3, -0.25) is 14.4 Å². The Morgan fingerprint density at radius 2 is 1.55 bits per heavy atom. The molecule has 6 nitrogen and oxygen atoms in total. The van der Waals surface area contributed by atoms with Crippen LogP contribution in [0.1, 0.15) is 87.3 Å². The highest BCUT2D eigenvalue weighted by atomic mass is 16.2. The molecule has 230 valence electrons. The van der Waals surface area contributed by atoms with Crippen molar-refractivity contribution in [3.63, 3.8) is 0 Å². The largest absolute Gasteiger partial charge is 0.348 e. The van der Waals surface area contributed by atoms with Gasteiger partial charge < -0.3 is 15.5 Å². The van der Waals surface area contributed by atoms with E-state index in [4.69, 9.17) is 0 Å². The van der Waals surface area contributed by atoms with Gasteiger partial charge in [-0.25, -0.2) is 0 Å². The monoisotopic (exact) mass is 591 g/mol. The second-order valence-corrected chi connectivity index (χ2v) is 13.5. The van der Waals surface area contributed by atoms with Crippen molar-refractivity contribution < 1.29 is 14.4 Å². The molecule has 44 heavy (non-hydrogen) atoms. The average Bonchev–Trinajstić information content (AvgIpc) is 3.58. The number of nitrogens with one attached hydrogen (secondary N) is 2. The van der Waals surface area contributed by atoms with Crippen molar-refractivity contribution in [3.05, 3.63) is 107 Å². The van der Waals surface area contributed by atoms with Crippen LogP contribution in [-0.4, -0.2) is 42.3 Å². The molecule has 1 aliphatic heterocycles. The lowest BCUT2D eigenvalue weighted by atomic mass is 9.75. The fourth-order valence-corrected chi connectivity index (χ4v) is 6.11. The lowest BCUT2D eigenvalue weighted by Gasteiger charge is -2.34. The fourth-order valence-electron chi connectivity index (χ4n) is 6.11. The third-order valence-electron chi connectivity index (χ3n) is 9.17. The minimum Gasteiger partial charge on any atom is -0.348 e. The molecule has 0 radical (unpaired) electrons. The normalized spacial score (nSPS) is 19.2. The van der Waals surface area contributed by atoms with E-state index in [1.165, 1.54) is 5.56 Å². The van der Waals surface area contributed by atoms with Gasteiger partial charge >= 0.3 is 0 Å². The van der Waals surface area contributed by atoms with E-state index in [-0.39, 0.29) is 23.1 Å². The molecule has 1 unspecified atom stereocenters. The Morgan fingerprint density at radius 1 is 0.886 bits per heavy atom. The molecule has 5 rings (SSSR count). The van der Waals surface area contributed by atoms with Gasteiger partial charge in [0.05, 0.1) is 5.41 Å². The smallest absolute Gasteiger partial charge is 0.252 e. The number of hydrogen-bond acceptors (Lipinski definition) is 3. The van der Waals surface area contributed by atoms with E-state index < -0.39 is 11.5 Å². The number of hydrogen-bond donors (Lipinski definition) is 2. The molecule has 1 aliphatic carbocycles. The maximum atomic E-state index is 13.6. The molecule has 1 heterocycles. The first-order chi connectivity index (χ1) is 21.0. The third kappa shape index (κ3) is 7.12. The van der Waals surface area contributed by atoms with Crippen LogP contribution in [0.3, 0.4) is 0 Å². The molecule has 1 saturated heterocycles. The van der Waals surface area contributed by atoms with Gasteiger partial charge in [0.25, 0.3) is 5.91 Å². The van der Waals surface area contributed by atoms with Crippen molar-refractivity contribution in [2.24, 2.45) is 5.41 Å². The van der Waals surface area contributed by atoms with Crippen molar-refractivity contribution in [1.29, 1.82) is 0 Å². The minimum atomic E-state index is -0.687. The highest BCUT2D eigenvalue weighted by Crippen LogP contribution is 2.36. The molecule has 3 amide bonds. The van der Waals surface area contributed by atoms with E-state index >= 15 is 0 Å². The van der Waals surface area contributed by atoms with Gasteiger partial charge in [0, 0.05) is 25.2 Å². The molecule has 0 bridgehead atoms. The second-order valence-electron chi connectivity index (χ2n) is 13.5. The Labute approximate surface area is 261 Å². The molecular formula is C38H45N3O3. The van der Waals surface area contributed by atoms with E-state index in [1.807, 2.05) is 66.4 Å². The lowest BCUT2D eigenvalue weighted by Crippen LogP contribution is -2.47. The Bertz CT molecular complexity index is 1510. The number of nitrogens with zero attached hydrogens (tertiary/aromatic N) is 1. The summed E-state index contributed by atoms with van der Waals surface area (Å²) in [7, 11) is 0. The van der Waals surface area contributed by atoms with Gasteiger partial charge in [-0.1, -0.05) is 112 Å². The van der Waals surface area contributed by atoms with E-state index in [0.29, 0.717) is 31.4 Å². The van der Waals surface area contributed by atoms with E-state index in [0.717, 1.165) is 48.2 Å². The summed E-state index contributed by atoms with van der Waals surface area (Å²) in [5.74, 6) is -0.255. The predicted molar refractivity (Wildman–Crippen MR) is 176 cm³/mol. The number of likely N-dealkylation sites (tertiary alicyclic amines) is 1. The standard InChI is InChI=1S/C38H45N3O3/c1-37(2,3)30-18-16-28(17-19-30)31-14-8-9-15-32(31)34(42)39-26-27-20-22-38(4,23-21-27)36(44)40-33(29-12-6-5-7-13-29)35(43)41-24-10-11-25-41/h5-9,12-20,33H,10-11,21-26H2,1-4H3,(H,39,42)(H,40,44)/t33-,38?/m0/s1. The molecule has 0 spiro atoms. The Morgan fingerprint density at radius 3 is 2.18 bits per heavy atom. The molecule has 0 aromatic heterocycles. The topological polar surface area (TPSA) is 78.5 Å². The summed E-state index contributed by atoms with van der Waals surface area (Å²) in [4.78, 5) is 42.3. The van der Waals surface area contributed by atoms with Crippen LogP contribution in [0.2, 0.25) is 0 Å². The fraction of sp³-hybridized carbons (Fsp3) is 0.395. The van der Waals surface area contributed by atoms with Crippen LogP contribution in [0.15, 0.2) is 90.5 Å². The van der Waals surface area contributed by atoms with Crippen LogP contribution in [0.4, 0.5) is 0 Å². The first-order valence-corrected chi connectivity index (χ1v) is 15.9. The Hall–Kier alpha value is -4.19. The molecular weight excluding hydrogens is 546 g/mol. The van der Waals surface area contributed by atoms with E-state index in [2.05, 4.69) is 61.7 Å². The maximum absolute atomic E-state index is 13.6. The van der Waals surface area contributed by atoms with Crippen LogP contribution in [0.5, 0.6) is 0 Å². The number of carbonyl (C=O) groups excluding carboxylic acids is 3. The summed E-state index contributed by atoms with van der Waals surface area (Å²) in [6.45, 7) is 10.5. The molecule has 3 aromatic rings. The highest BCUT2D eigenvalue weighted by molar-refractivity contribution is 6.01. The van der Waals surface area contributed by atoms with E-state index in [9.17, 15) is 14.4 Å². The Balaban J connectivity index is 1.22. The molecule has 2 aliphatic rings. The second kappa shape index (κ2) is 13.2. The summed E-state index contributed by atoms with van der Waals surface area (Å²) < 4.78 is 0. The van der Waals surface area contributed by atoms with Crippen molar-refractivity contribution in [2.75, 3.05) is 19.6 Å². The first-order valence-electron chi connectivity index (χ1n) is 15.9. The highest BCUT2D eigenvalue weighted by Gasteiger charge is 2.38. The van der Waals surface area contributed by atoms with Crippen LogP contribution >= 0.6 is 0 Å². The van der Waals surface area contributed by atoms with Gasteiger partial charge in [-0.15, -0.1) is 0 Å². The lowest BCUT2D eigenvalue weighted by molar-refractivity contribution is -0.139. The molecule has 0 saturated carbocycles. The molecule has 1 fully saturated rings. The van der Waals surface area contributed by atoms with Crippen LogP contribution in [-0.2, 0) is 15.0 Å². The minimum absolute atomic E-state index is 0.0363. The summed E-state index contributed by atoms with van der Waals surface area (Å²) in [5, 5.41) is 6.22. The summed E-state index contributed by atoms with van der Waals surface area (Å²) in [6, 6.07) is 25.0. The number of benzene rings is 3. The zero-order chi connectivity index (χ0) is 31.3. The van der Waals surface area contributed by atoms with Crippen molar-refractivity contribution >= 4 is 17.7 Å². The van der Waals surface area contributed by atoms with Crippen molar-refractivity contribution in [2.45, 2.75) is 71.3 Å². The third-order valence-corrected chi connectivity index (χ3v) is 9.17. The van der Waals surface area contributed by atoms with Gasteiger partial charge in [-0.2, -0.15) is 0 Å². The first kappa shape index (κ1) is 31.2. The molecule has 2 atom stereocenters. The quantitative estimate of drug-likeness (QED) is 0.278. The molecule has 6 heteroatoms. The molecule has 2 N–H and O–H groups in total. The maximum Gasteiger partial charge on any atom is 0.252 e. The average molecular weight is 592 g/mol. The zero-order valence-electron chi connectivity index (χ0n) is 26.5. The summed E-state index contributed by atoms with van der Waals surface area (Å²) >= 11 is 0. The number of amides is 3. The zero-order valence-corrected chi connectivity index (χ0v) is 26.5. The SMILES string of the molecule is CC1(C(=O)N[C@H](C(=O)N2CCCC2)c2ccccc2)CC=C(CNC(=O)c2ccccc2-c2ccc(C(C)(C)C)cc2)CC1.